The lowest BCUT2D eigenvalue weighted by Crippen LogP contribution is -2.46. The molecular weight excluding hydrogens is 626 g/mol. The first-order valence-electron chi connectivity index (χ1n) is 17.4. The summed E-state index contributed by atoms with van der Waals surface area (Å²) in [6.45, 7) is 1.71. The fraction of sp³-hybridized carbons (Fsp3) is 0.326. The van der Waals surface area contributed by atoms with Crippen LogP contribution in [-0.4, -0.2) is 42.2 Å². The zero-order valence-electron chi connectivity index (χ0n) is 28.8. The summed E-state index contributed by atoms with van der Waals surface area (Å²) >= 11 is 0. The van der Waals surface area contributed by atoms with Crippen molar-refractivity contribution in [2.24, 2.45) is 17.8 Å². The van der Waals surface area contributed by atoms with E-state index in [1.54, 1.807) is 26.2 Å². The van der Waals surface area contributed by atoms with Crippen molar-refractivity contribution >= 4 is 29.0 Å². The van der Waals surface area contributed by atoms with Crippen molar-refractivity contribution in [3.63, 3.8) is 0 Å². The fourth-order valence-electron chi connectivity index (χ4n) is 6.70. The smallest absolute Gasteiger partial charge is 0.223 e. The number of nitrogens with one attached hydrogen (secondary N) is 1. The number of carbonyl (C=O) groups is 5. The topological polar surface area (TPSA) is 107 Å². The lowest BCUT2D eigenvalue weighted by atomic mass is 9.85. The minimum Gasteiger partial charge on any atom is -0.497 e. The minimum absolute atomic E-state index is 0.0319. The zero-order chi connectivity index (χ0) is 35.5. The van der Waals surface area contributed by atoms with Gasteiger partial charge in [-0.15, -0.1) is 0 Å². The van der Waals surface area contributed by atoms with E-state index in [0.717, 1.165) is 16.7 Å². The van der Waals surface area contributed by atoms with Gasteiger partial charge in [0, 0.05) is 37.0 Å². The molecule has 0 fully saturated rings. The number of hydrogen-bond donors (Lipinski definition) is 1. The number of ether oxygens (including phenoxy) is 1. The van der Waals surface area contributed by atoms with Crippen LogP contribution in [0.2, 0.25) is 0 Å². The summed E-state index contributed by atoms with van der Waals surface area (Å²) in [4.78, 5) is 67.9. The molecule has 1 aliphatic carbocycles. The van der Waals surface area contributed by atoms with Crippen LogP contribution < -0.4 is 10.1 Å². The number of aryl methyl sites for hydroxylation is 1. The van der Waals surface area contributed by atoms with Gasteiger partial charge in [0.05, 0.1) is 13.2 Å². The van der Waals surface area contributed by atoms with Gasteiger partial charge in [-0.1, -0.05) is 104 Å². The molecule has 7 heteroatoms. The van der Waals surface area contributed by atoms with Crippen LogP contribution in [0.3, 0.4) is 0 Å². The van der Waals surface area contributed by atoms with Crippen molar-refractivity contribution in [2.75, 3.05) is 7.11 Å². The number of fused-ring (bicyclic) bond motifs is 1. The van der Waals surface area contributed by atoms with Crippen molar-refractivity contribution in [3.05, 3.63) is 137 Å². The molecule has 0 unspecified atom stereocenters. The largest absolute Gasteiger partial charge is 0.497 e. The van der Waals surface area contributed by atoms with Gasteiger partial charge in [0.25, 0.3) is 0 Å². The number of ketones is 4. The third-order valence-corrected chi connectivity index (χ3v) is 9.67. The Labute approximate surface area is 294 Å². The molecule has 4 aromatic rings. The van der Waals surface area contributed by atoms with E-state index in [1.165, 1.54) is 11.1 Å². The summed E-state index contributed by atoms with van der Waals surface area (Å²) in [5.41, 5.74) is 4.93. The monoisotopic (exact) mass is 671 g/mol. The molecule has 0 spiro atoms. The molecule has 7 nitrogen and oxygen atoms in total. The molecule has 1 amide bonds. The summed E-state index contributed by atoms with van der Waals surface area (Å²) < 4.78 is 5.29. The number of methoxy groups -OCH3 is 1. The highest BCUT2D eigenvalue weighted by molar-refractivity contribution is 6.38. The van der Waals surface area contributed by atoms with E-state index in [4.69, 9.17) is 4.74 Å². The average molecular weight is 672 g/mol. The lowest BCUT2D eigenvalue weighted by Gasteiger charge is -2.23. The molecule has 0 heterocycles. The van der Waals surface area contributed by atoms with Gasteiger partial charge in [-0.25, -0.2) is 0 Å². The molecule has 0 saturated carbocycles. The van der Waals surface area contributed by atoms with E-state index in [0.29, 0.717) is 25.0 Å². The van der Waals surface area contributed by atoms with Crippen LogP contribution in [0.5, 0.6) is 5.75 Å². The summed E-state index contributed by atoms with van der Waals surface area (Å²) in [6, 6.07) is 33.1. The van der Waals surface area contributed by atoms with Gasteiger partial charge in [0.15, 0.2) is 11.6 Å². The van der Waals surface area contributed by atoms with E-state index in [-0.39, 0.29) is 49.6 Å². The number of amides is 1. The Kier molecular flexibility index (Phi) is 12.6. The molecule has 0 aliphatic heterocycles. The van der Waals surface area contributed by atoms with Gasteiger partial charge in [-0.3, -0.25) is 24.0 Å². The standard InChI is InChI=1S/C43H45NO6/c1-29(23-40(46)35-26-33-15-9-10-16-34(33)27-35)43(49)44-38(25-32-17-20-37(50-2)21-18-32)41(47)28-36(24-31-13-7-4-8-14-31)42(48)39(45)22-19-30-11-5-3-6-12-30/h3-18,20-21,29,35-36,38H,19,22-28H2,1-2H3,(H,44,49)/t29-,36-,38+/m1/s1. The van der Waals surface area contributed by atoms with Gasteiger partial charge in [-0.05, 0) is 72.1 Å². The number of rotatable bonds is 18. The highest BCUT2D eigenvalue weighted by Gasteiger charge is 2.33. The highest BCUT2D eigenvalue weighted by atomic mass is 16.5. The van der Waals surface area contributed by atoms with Crippen molar-refractivity contribution in [1.82, 2.24) is 5.32 Å². The average Bonchev–Trinajstić information content (AvgIpc) is 3.59. The van der Waals surface area contributed by atoms with E-state index in [2.05, 4.69) is 5.32 Å². The number of hydrogen-bond acceptors (Lipinski definition) is 6. The van der Waals surface area contributed by atoms with Crippen LogP contribution in [0.4, 0.5) is 0 Å². The number of benzene rings is 4. The molecule has 3 atom stereocenters. The minimum atomic E-state index is -0.963. The van der Waals surface area contributed by atoms with Gasteiger partial charge in [-0.2, -0.15) is 0 Å². The predicted octanol–water partition coefficient (Wildman–Crippen LogP) is 6.32. The van der Waals surface area contributed by atoms with Crippen LogP contribution in [0.1, 0.15) is 54.0 Å². The molecule has 5 rings (SSSR count). The highest BCUT2D eigenvalue weighted by Crippen LogP contribution is 2.29. The van der Waals surface area contributed by atoms with Crippen molar-refractivity contribution in [1.29, 1.82) is 0 Å². The second-order valence-electron chi connectivity index (χ2n) is 13.4. The van der Waals surface area contributed by atoms with E-state index in [9.17, 15) is 24.0 Å². The molecule has 0 bridgehead atoms. The first-order valence-corrected chi connectivity index (χ1v) is 17.4. The maximum absolute atomic E-state index is 14.1. The molecule has 50 heavy (non-hydrogen) atoms. The molecule has 1 N–H and O–H groups in total. The van der Waals surface area contributed by atoms with Crippen molar-refractivity contribution < 1.29 is 28.7 Å². The first-order chi connectivity index (χ1) is 24.2. The van der Waals surface area contributed by atoms with Crippen LogP contribution >= 0.6 is 0 Å². The molecule has 1 aliphatic rings. The molecule has 0 radical (unpaired) electrons. The van der Waals surface area contributed by atoms with Gasteiger partial charge < -0.3 is 10.1 Å². The van der Waals surface area contributed by atoms with Crippen molar-refractivity contribution in [3.8, 4) is 5.75 Å². The Morgan fingerprint density at radius 3 is 1.86 bits per heavy atom. The summed E-state index contributed by atoms with van der Waals surface area (Å²) in [5, 5.41) is 2.92. The number of Topliss-reactive ketones (excluding diaryl/α,β-unsaturated/α-hetero) is 4. The molecular formula is C43H45NO6. The Morgan fingerprint density at radius 1 is 0.700 bits per heavy atom. The molecule has 0 saturated heterocycles. The third kappa shape index (κ3) is 9.94. The quantitative estimate of drug-likeness (QED) is 0.124. The zero-order valence-corrected chi connectivity index (χ0v) is 28.8. The summed E-state index contributed by atoms with van der Waals surface area (Å²) in [7, 11) is 1.57. The number of carbonyl (C=O) groups excluding carboxylic acids is 5. The molecule has 4 aromatic carbocycles. The van der Waals surface area contributed by atoms with Crippen LogP contribution in [0, 0.1) is 17.8 Å². The van der Waals surface area contributed by atoms with E-state index >= 15 is 0 Å². The van der Waals surface area contributed by atoms with E-state index in [1.807, 2.05) is 97.1 Å². The summed E-state index contributed by atoms with van der Waals surface area (Å²) in [6.07, 6.45) is 2.08. The Balaban J connectivity index is 1.30. The molecule has 258 valence electrons. The third-order valence-electron chi connectivity index (χ3n) is 9.67. The van der Waals surface area contributed by atoms with E-state index < -0.39 is 35.4 Å². The lowest BCUT2D eigenvalue weighted by molar-refractivity contribution is -0.140. The Morgan fingerprint density at radius 2 is 1.26 bits per heavy atom. The van der Waals surface area contributed by atoms with Crippen LogP contribution in [0.25, 0.3) is 0 Å². The van der Waals surface area contributed by atoms with Crippen LogP contribution in [-0.2, 0) is 56.1 Å². The van der Waals surface area contributed by atoms with Gasteiger partial charge in [0.2, 0.25) is 11.7 Å². The summed E-state index contributed by atoms with van der Waals surface area (Å²) in [5.74, 6) is -2.85. The fourth-order valence-corrected chi connectivity index (χ4v) is 6.70. The Bertz CT molecular complexity index is 1760. The van der Waals surface area contributed by atoms with Crippen LogP contribution in [0.15, 0.2) is 109 Å². The second kappa shape index (κ2) is 17.5. The van der Waals surface area contributed by atoms with Gasteiger partial charge in [0.1, 0.15) is 11.5 Å². The first kappa shape index (κ1) is 36.1. The second-order valence-corrected chi connectivity index (χ2v) is 13.4. The normalized spacial score (nSPS) is 14.2. The Hall–Kier alpha value is -5.17. The maximum Gasteiger partial charge on any atom is 0.223 e. The maximum atomic E-state index is 14.1. The van der Waals surface area contributed by atoms with Crippen molar-refractivity contribution in [2.45, 2.75) is 64.3 Å². The van der Waals surface area contributed by atoms with Gasteiger partial charge >= 0.3 is 0 Å². The molecule has 0 aromatic heterocycles. The SMILES string of the molecule is COc1ccc(C[C@H](NC(=O)[C@H](C)CC(=O)C2Cc3ccccc3C2)C(=O)C[C@@H](Cc2ccccc2)C(=O)C(=O)CCc2ccccc2)cc1. The predicted molar refractivity (Wildman–Crippen MR) is 193 cm³/mol.